The first-order valence-electron chi connectivity index (χ1n) is 21.6. The normalized spacial score (nSPS) is 14.6. The molecule has 0 saturated heterocycles. The molecule has 62 heavy (non-hydrogen) atoms. The molecule has 0 aliphatic heterocycles. The fourth-order valence-corrected chi connectivity index (χ4v) is 10.0. The molecule has 0 atom stereocenters. The first kappa shape index (κ1) is 36.5. The smallest absolute Gasteiger partial charge is 0.164 e. The highest BCUT2D eigenvalue weighted by molar-refractivity contribution is 6.19. The van der Waals surface area contributed by atoms with E-state index in [1.807, 2.05) is 36.4 Å². The first-order valence-corrected chi connectivity index (χ1v) is 21.6. The number of benzene rings is 8. The second-order valence-electron chi connectivity index (χ2n) is 18.3. The second-order valence-corrected chi connectivity index (χ2v) is 18.3. The zero-order valence-corrected chi connectivity index (χ0v) is 35.3. The van der Waals surface area contributed by atoms with Crippen LogP contribution in [0.4, 0.5) is 0 Å². The summed E-state index contributed by atoms with van der Waals surface area (Å²) in [6.07, 6.45) is 2.34. The quantitative estimate of drug-likeness (QED) is 0.174. The molecular formula is C57H44N4O. The number of fused-ring (bicyclic) bond motifs is 9. The largest absolute Gasteiger partial charge is 0.456 e. The van der Waals surface area contributed by atoms with Crippen molar-refractivity contribution in [2.75, 3.05) is 0 Å². The van der Waals surface area contributed by atoms with Crippen molar-refractivity contribution < 1.29 is 4.42 Å². The van der Waals surface area contributed by atoms with Crippen molar-refractivity contribution in [3.05, 3.63) is 181 Å². The molecule has 5 nitrogen and oxygen atoms in total. The Morgan fingerprint density at radius 3 is 1.73 bits per heavy atom. The van der Waals surface area contributed by atoms with E-state index >= 15 is 0 Å². The molecule has 0 radical (unpaired) electrons. The second kappa shape index (κ2) is 13.6. The zero-order chi connectivity index (χ0) is 41.7. The molecule has 0 saturated carbocycles. The van der Waals surface area contributed by atoms with Gasteiger partial charge >= 0.3 is 0 Å². The summed E-state index contributed by atoms with van der Waals surface area (Å²) >= 11 is 0. The van der Waals surface area contributed by atoms with E-state index in [1.165, 1.54) is 56.5 Å². The summed E-state index contributed by atoms with van der Waals surface area (Å²) in [6, 6.07) is 60.3. The molecule has 1 aliphatic carbocycles. The predicted octanol–water partition coefficient (Wildman–Crippen LogP) is 15.0. The van der Waals surface area contributed by atoms with Gasteiger partial charge in [-0.25, -0.2) is 15.0 Å². The monoisotopic (exact) mass is 800 g/mol. The highest BCUT2D eigenvalue weighted by Gasteiger charge is 2.38. The molecule has 298 valence electrons. The van der Waals surface area contributed by atoms with Gasteiger partial charge in [-0.1, -0.05) is 149 Å². The number of hydrogen-bond acceptors (Lipinski definition) is 4. The molecule has 0 amide bonds. The van der Waals surface area contributed by atoms with E-state index in [-0.39, 0.29) is 10.8 Å². The Morgan fingerprint density at radius 2 is 1.02 bits per heavy atom. The maximum atomic E-state index is 6.21. The van der Waals surface area contributed by atoms with Crippen LogP contribution in [0.1, 0.15) is 51.7 Å². The lowest BCUT2D eigenvalue weighted by Gasteiger charge is -2.42. The average molecular weight is 801 g/mol. The van der Waals surface area contributed by atoms with Crippen molar-refractivity contribution in [3.8, 4) is 51.0 Å². The van der Waals surface area contributed by atoms with Gasteiger partial charge in [0.25, 0.3) is 0 Å². The fraction of sp³-hybridized carbons (Fsp3) is 0.140. The number of nitrogens with zero attached hydrogens (tertiary/aromatic N) is 4. The van der Waals surface area contributed by atoms with E-state index in [2.05, 4.69) is 166 Å². The number of hydrogen-bond donors (Lipinski definition) is 0. The molecule has 11 aromatic rings. The lowest BCUT2D eigenvalue weighted by Crippen LogP contribution is -2.33. The van der Waals surface area contributed by atoms with Crippen LogP contribution in [0.15, 0.2) is 174 Å². The van der Waals surface area contributed by atoms with Crippen molar-refractivity contribution in [1.82, 2.24) is 19.5 Å². The van der Waals surface area contributed by atoms with Gasteiger partial charge in [0.1, 0.15) is 11.2 Å². The highest BCUT2D eigenvalue weighted by Crippen LogP contribution is 2.49. The SMILES string of the molecule is CC1(C)CCC(C)(C)c2cc3c(cc21)c1ccc2ccccc2c1n3-c1ccc(-c2nc(-c3ccccc3)nc(-c3ccc(-c4cccc5oc6ccccc6c45)cc3)n2)cc1. The fourth-order valence-electron chi connectivity index (χ4n) is 10.0. The van der Waals surface area contributed by atoms with Gasteiger partial charge < -0.3 is 8.98 Å². The van der Waals surface area contributed by atoms with Gasteiger partial charge in [-0.2, -0.15) is 0 Å². The van der Waals surface area contributed by atoms with Gasteiger partial charge in [-0.3, -0.25) is 0 Å². The minimum atomic E-state index is 0.0855. The zero-order valence-electron chi connectivity index (χ0n) is 35.3. The molecule has 3 heterocycles. The Kier molecular flexibility index (Phi) is 7.98. The van der Waals surface area contributed by atoms with Gasteiger partial charge in [-0.15, -0.1) is 0 Å². The maximum Gasteiger partial charge on any atom is 0.164 e. The van der Waals surface area contributed by atoms with Gasteiger partial charge in [0.05, 0.1) is 11.0 Å². The third-order valence-corrected chi connectivity index (χ3v) is 13.5. The molecule has 0 unspecified atom stereocenters. The van der Waals surface area contributed by atoms with Crippen molar-refractivity contribution in [2.24, 2.45) is 0 Å². The molecule has 5 heteroatoms. The molecule has 12 rings (SSSR count). The van der Waals surface area contributed by atoms with Crippen LogP contribution < -0.4 is 0 Å². The van der Waals surface area contributed by atoms with E-state index in [0.29, 0.717) is 17.5 Å². The summed E-state index contributed by atoms with van der Waals surface area (Å²) in [4.78, 5) is 15.3. The summed E-state index contributed by atoms with van der Waals surface area (Å²) in [5.41, 5.74) is 13.5. The maximum absolute atomic E-state index is 6.21. The summed E-state index contributed by atoms with van der Waals surface area (Å²) in [5, 5.41) is 7.29. The Morgan fingerprint density at radius 1 is 0.452 bits per heavy atom. The summed E-state index contributed by atoms with van der Waals surface area (Å²) in [7, 11) is 0. The molecule has 0 bridgehead atoms. The molecule has 8 aromatic carbocycles. The average Bonchev–Trinajstić information content (AvgIpc) is 3.86. The van der Waals surface area contributed by atoms with Crippen molar-refractivity contribution in [2.45, 2.75) is 51.4 Å². The van der Waals surface area contributed by atoms with Crippen molar-refractivity contribution in [1.29, 1.82) is 0 Å². The minimum absolute atomic E-state index is 0.0855. The Balaban J connectivity index is 0.990. The van der Waals surface area contributed by atoms with E-state index in [1.54, 1.807) is 0 Å². The van der Waals surface area contributed by atoms with E-state index in [4.69, 9.17) is 19.4 Å². The van der Waals surface area contributed by atoms with Crippen molar-refractivity contribution in [3.63, 3.8) is 0 Å². The first-order chi connectivity index (χ1) is 30.2. The van der Waals surface area contributed by atoms with Crippen LogP contribution in [0.3, 0.4) is 0 Å². The van der Waals surface area contributed by atoms with E-state index < -0.39 is 0 Å². The number of rotatable bonds is 5. The van der Waals surface area contributed by atoms with E-state index in [0.717, 1.165) is 55.4 Å². The van der Waals surface area contributed by atoms with Crippen LogP contribution in [0.5, 0.6) is 0 Å². The highest BCUT2D eigenvalue weighted by atomic mass is 16.3. The Labute approximate surface area is 360 Å². The standard InChI is InChI=1S/C57H44N4O/c1-56(2)31-32-57(3,4)47-34-48-45(33-46(47)56)43-30-27-35-13-8-9-16-42(35)52(43)61(48)40-28-25-39(26-29-40)55-59-53(37-14-6-5-7-15-37)58-54(60-55)38-23-21-36(22-24-38)41-18-12-20-50-51(41)44-17-10-11-19-49(44)62-50/h5-30,33-34H,31-32H2,1-4H3. The molecule has 1 aliphatic rings. The van der Waals surface area contributed by atoms with Gasteiger partial charge in [0, 0.05) is 49.3 Å². The minimum Gasteiger partial charge on any atom is -0.456 e. The number of para-hydroxylation sites is 1. The number of aromatic nitrogens is 4. The van der Waals surface area contributed by atoms with Crippen LogP contribution in [-0.2, 0) is 10.8 Å². The van der Waals surface area contributed by atoms with Crippen LogP contribution in [0.25, 0.3) is 105 Å². The lowest BCUT2D eigenvalue weighted by molar-refractivity contribution is 0.332. The van der Waals surface area contributed by atoms with Gasteiger partial charge in [-0.05, 0) is 99.8 Å². The van der Waals surface area contributed by atoms with Crippen LogP contribution in [-0.4, -0.2) is 19.5 Å². The van der Waals surface area contributed by atoms with Crippen LogP contribution >= 0.6 is 0 Å². The van der Waals surface area contributed by atoms with Crippen molar-refractivity contribution >= 4 is 54.5 Å². The number of furan rings is 1. The molecular weight excluding hydrogens is 757 g/mol. The summed E-state index contributed by atoms with van der Waals surface area (Å²) in [5.74, 6) is 1.89. The van der Waals surface area contributed by atoms with Gasteiger partial charge in [0.2, 0.25) is 0 Å². The predicted molar refractivity (Wildman–Crippen MR) is 256 cm³/mol. The van der Waals surface area contributed by atoms with Gasteiger partial charge in [0.15, 0.2) is 17.5 Å². The third-order valence-electron chi connectivity index (χ3n) is 13.5. The molecule has 0 spiro atoms. The molecule has 0 N–H and O–H groups in total. The topological polar surface area (TPSA) is 56.7 Å². The molecule has 0 fully saturated rings. The van der Waals surface area contributed by atoms with Crippen LogP contribution in [0.2, 0.25) is 0 Å². The Hall–Kier alpha value is -7.37. The summed E-state index contributed by atoms with van der Waals surface area (Å²) < 4.78 is 8.69. The summed E-state index contributed by atoms with van der Waals surface area (Å²) in [6.45, 7) is 9.65. The third kappa shape index (κ3) is 5.72. The van der Waals surface area contributed by atoms with Crippen LogP contribution in [0, 0.1) is 0 Å². The van der Waals surface area contributed by atoms with E-state index in [9.17, 15) is 0 Å². The lowest BCUT2D eigenvalue weighted by atomic mass is 9.63. The Bertz CT molecular complexity index is 3560. The molecule has 3 aromatic heterocycles.